The van der Waals surface area contributed by atoms with E-state index < -0.39 is 0 Å². The van der Waals surface area contributed by atoms with Crippen molar-refractivity contribution in [1.29, 1.82) is 0 Å². The summed E-state index contributed by atoms with van der Waals surface area (Å²) < 4.78 is 7.04. The quantitative estimate of drug-likeness (QED) is 0.347. The standard InChI is InChI=1S/C15H10NO2/c1-9-5-6-11-8-7-10-3-2-4-12-13(10)14(11)16(9)15(17)18-12/h2-8H,1H3/q+1. The predicted octanol–water partition coefficient (Wildman–Crippen LogP) is 2.43. The number of aromatic nitrogens is 1. The largest absolute Gasteiger partial charge is 0.608 e. The van der Waals surface area contributed by atoms with Crippen LogP contribution in [0.25, 0.3) is 27.3 Å². The molecule has 0 atom stereocenters. The summed E-state index contributed by atoms with van der Waals surface area (Å²) in [7, 11) is 0. The Kier molecular flexibility index (Phi) is 1.64. The second-order valence-corrected chi connectivity index (χ2v) is 4.54. The lowest BCUT2D eigenvalue weighted by Gasteiger charge is -2.04. The van der Waals surface area contributed by atoms with Gasteiger partial charge in [0, 0.05) is 18.4 Å². The highest BCUT2D eigenvalue weighted by molar-refractivity contribution is 6.10. The topological polar surface area (TPSA) is 34.3 Å². The number of hydrogen-bond acceptors (Lipinski definition) is 2. The second kappa shape index (κ2) is 3.07. The number of rotatable bonds is 0. The van der Waals surface area contributed by atoms with Crippen LogP contribution in [-0.2, 0) is 0 Å². The fraction of sp³-hybridized carbons (Fsp3) is 0.0667. The molecule has 4 aromatic rings. The summed E-state index contributed by atoms with van der Waals surface area (Å²) >= 11 is 0. The Hall–Kier alpha value is -2.42. The maximum absolute atomic E-state index is 12.1. The average molecular weight is 236 g/mol. The molecule has 0 unspecified atom stereocenters. The Morgan fingerprint density at radius 1 is 1.00 bits per heavy atom. The van der Waals surface area contributed by atoms with Crippen molar-refractivity contribution in [2.24, 2.45) is 0 Å². The van der Waals surface area contributed by atoms with Crippen LogP contribution < -0.4 is 10.2 Å². The Bertz CT molecular complexity index is 953. The van der Waals surface area contributed by atoms with Gasteiger partial charge in [-0.1, -0.05) is 22.6 Å². The molecule has 0 bridgehead atoms. The maximum atomic E-state index is 12.1. The predicted molar refractivity (Wildman–Crippen MR) is 69.1 cm³/mol. The van der Waals surface area contributed by atoms with E-state index in [0.29, 0.717) is 5.58 Å². The van der Waals surface area contributed by atoms with E-state index >= 15 is 0 Å². The Labute approximate surface area is 102 Å². The van der Waals surface area contributed by atoms with E-state index in [0.717, 1.165) is 27.4 Å². The summed E-state index contributed by atoms with van der Waals surface area (Å²) in [6.07, 6.45) is 0. The average Bonchev–Trinajstić information content (AvgIpc) is 2.38. The number of hydrogen-bond donors (Lipinski definition) is 0. The van der Waals surface area contributed by atoms with Crippen LogP contribution in [-0.4, -0.2) is 0 Å². The highest BCUT2D eigenvalue weighted by atomic mass is 16.4. The van der Waals surface area contributed by atoms with Crippen LogP contribution >= 0.6 is 0 Å². The van der Waals surface area contributed by atoms with E-state index in [9.17, 15) is 4.79 Å². The number of benzene rings is 2. The van der Waals surface area contributed by atoms with E-state index in [4.69, 9.17) is 4.42 Å². The third kappa shape index (κ3) is 1.03. The first-order valence-electron chi connectivity index (χ1n) is 5.85. The fourth-order valence-corrected chi connectivity index (χ4v) is 2.64. The first kappa shape index (κ1) is 9.59. The van der Waals surface area contributed by atoms with Gasteiger partial charge in [0.2, 0.25) is 5.52 Å². The van der Waals surface area contributed by atoms with Gasteiger partial charge in [-0.3, -0.25) is 0 Å². The lowest BCUT2D eigenvalue weighted by atomic mass is 10.0. The molecular weight excluding hydrogens is 226 g/mol. The molecular formula is C15H10NO2+. The molecule has 0 spiro atoms. The highest BCUT2D eigenvalue weighted by Gasteiger charge is 2.21. The number of aryl methyl sites for hydroxylation is 1. The van der Waals surface area contributed by atoms with E-state index in [1.165, 1.54) is 0 Å². The van der Waals surface area contributed by atoms with Crippen molar-refractivity contribution in [2.45, 2.75) is 6.92 Å². The third-order valence-corrected chi connectivity index (χ3v) is 3.47. The van der Waals surface area contributed by atoms with Gasteiger partial charge >= 0.3 is 5.76 Å². The van der Waals surface area contributed by atoms with E-state index in [2.05, 4.69) is 6.07 Å². The van der Waals surface area contributed by atoms with Crippen molar-refractivity contribution >= 4 is 27.3 Å². The van der Waals surface area contributed by atoms with Gasteiger partial charge in [-0.2, -0.15) is 4.79 Å². The van der Waals surface area contributed by atoms with Gasteiger partial charge in [-0.05, 0) is 23.6 Å². The van der Waals surface area contributed by atoms with Crippen LogP contribution in [0.3, 0.4) is 0 Å². The van der Waals surface area contributed by atoms with Crippen LogP contribution in [0, 0.1) is 6.92 Å². The monoisotopic (exact) mass is 236 g/mol. The van der Waals surface area contributed by atoms with Crippen molar-refractivity contribution in [2.75, 3.05) is 0 Å². The zero-order chi connectivity index (χ0) is 12.3. The van der Waals surface area contributed by atoms with Gasteiger partial charge in [-0.15, -0.1) is 0 Å². The van der Waals surface area contributed by atoms with Crippen LogP contribution in [0.5, 0.6) is 0 Å². The van der Waals surface area contributed by atoms with Gasteiger partial charge in [0.05, 0.1) is 5.39 Å². The molecule has 2 aromatic heterocycles. The fourth-order valence-electron chi connectivity index (χ4n) is 2.64. The Morgan fingerprint density at radius 2 is 1.78 bits per heavy atom. The molecule has 2 aromatic carbocycles. The minimum absolute atomic E-state index is 0.329. The molecule has 3 nitrogen and oxygen atoms in total. The molecule has 18 heavy (non-hydrogen) atoms. The Balaban J connectivity index is 2.54. The van der Waals surface area contributed by atoms with Crippen molar-refractivity contribution in [3.8, 4) is 0 Å². The molecule has 4 rings (SSSR count). The van der Waals surface area contributed by atoms with Gasteiger partial charge in [0.1, 0.15) is 0 Å². The Morgan fingerprint density at radius 3 is 2.67 bits per heavy atom. The van der Waals surface area contributed by atoms with Crippen molar-refractivity contribution in [1.82, 2.24) is 0 Å². The van der Waals surface area contributed by atoms with E-state index in [1.807, 2.05) is 43.3 Å². The summed E-state index contributed by atoms with van der Waals surface area (Å²) in [6.45, 7) is 1.91. The SMILES string of the molecule is Cc1ccc2ccc3cccc4oc(=O)[n+]1c2c34. The first-order chi connectivity index (χ1) is 8.75. The van der Waals surface area contributed by atoms with E-state index in [-0.39, 0.29) is 5.76 Å². The van der Waals surface area contributed by atoms with Crippen molar-refractivity contribution in [3.05, 3.63) is 58.7 Å². The number of nitrogens with zero attached hydrogens (tertiary/aromatic N) is 1. The molecule has 0 amide bonds. The van der Waals surface area contributed by atoms with Gasteiger partial charge in [0.25, 0.3) is 0 Å². The summed E-state index contributed by atoms with van der Waals surface area (Å²) in [4.78, 5) is 12.1. The lowest BCUT2D eigenvalue weighted by molar-refractivity contribution is -0.549. The zero-order valence-electron chi connectivity index (χ0n) is 9.81. The molecule has 86 valence electrons. The van der Waals surface area contributed by atoms with Gasteiger partial charge < -0.3 is 4.42 Å². The van der Waals surface area contributed by atoms with Crippen molar-refractivity contribution < 1.29 is 8.82 Å². The summed E-state index contributed by atoms with van der Waals surface area (Å²) in [6, 6.07) is 13.8. The molecule has 0 fully saturated rings. The summed E-state index contributed by atoms with van der Waals surface area (Å²) in [5.41, 5.74) is 2.47. The van der Waals surface area contributed by atoms with Gasteiger partial charge in [-0.25, -0.2) is 0 Å². The van der Waals surface area contributed by atoms with Crippen molar-refractivity contribution in [3.63, 3.8) is 0 Å². The third-order valence-electron chi connectivity index (χ3n) is 3.47. The second-order valence-electron chi connectivity index (χ2n) is 4.54. The van der Waals surface area contributed by atoms with Crippen LogP contribution in [0.15, 0.2) is 51.7 Å². The number of pyridine rings is 1. The highest BCUT2D eigenvalue weighted by Crippen LogP contribution is 2.26. The molecule has 0 radical (unpaired) electrons. The molecule has 0 N–H and O–H groups in total. The zero-order valence-corrected chi connectivity index (χ0v) is 9.81. The summed E-state index contributed by atoms with van der Waals surface area (Å²) in [5.74, 6) is -0.329. The minimum atomic E-state index is -0.329. The smallest absolute Gasteiger partial charge is 0.371 e. The molecule has 0 aliphatic heterocycles. The summed E-state index contributed by atoms with van der Waals surface area (Å²) in [5, 5.41) is 3.15. The normalized spacial score (nSPS) is 11.8. The minimum Gasteiger partial charge on any atom is -0.371 e. The molecule has 3 heteroatoms. The lowest BCUT2D eigenvalue weighted by Crippen LogP contribution is -2.42. The molecule has 0 saturated heterocycles. The molecule has 0 aliphatic carbocycles. The van der Waals surface area contributed by atoms with Crippen LogP contribution in [0.2, 0.25) is 0 Å². The maximum Gasteiger partial charge on any atom is 0.608 e. The van der Waals surface area contributed by atoms with Crippen LogP contribution in [0.1, 0.15) is 5.69 Å². The van der Waals surface area contributed by atoms with Crippen LogP contribution in [0.4, 0.5) is 0 Å². The molecule has 0 aliphatic rings. The van der Waals surface area contributed by atoms with E-state index in [1.54, 1.807) is 4.40 Å². The first-order valence-corrected chi connectivity index (χ1v) is 5.85. The molecule has 2 heterocycles. The molecule has 0 saturated carbocycles. The van der Waals surface area contributed by atoms with Gasteiger partial charge in [0.15, 0.2) is 11.3 Å².